The fourth-order valence-corrected chi connectivity index (χ4v) is 3.97. The van der Waals surface area contributed by atoms with E-state index in [0.29, 0.717) is 4.47 Å². The van der Waals surface area contributed by atoms with Gasteiger partial charge in [-0.3, -0.25) is 0 Å². The minimum Gasteiger partial charge on any atom is -0.206 e. The highest BCUT2D eigenvalue weighted by Gasteiger charge is 2.16. The summed E-state index contributed by atoms with van der Waals surface area (Å²) in [6.45, 7) is 2.03. The van der Waals surface area contributed by atoms with Crippen molar-refractivity contribution in [3.8, 4) is 0 Å². The van der Waals surface area contributed by atoms with Gasteiger partial charge in [0.15, 0.2) is 0 Å². The van der Waals surface area contributed by atoms with E-state index in [1.165, 1.54) is 6.07 Å². The van der Waals surface area contributed by atoms with Crippen LogP contribution in [0.2, 0.25) is 0 Å². The third-order valence-electron chi connectivity index (χ3n) is 2.79. The number of alkyl halides is 1. The minimum absolute atomic E-state index is 0.0682. The third kappa shape index (κ3) is 3.49. The van der Waals surface area contributed by atoms with Crippen molar-refractivity contribution in [2.45, 2.75) is 11.8 Å². The molecule has 0 N–H and O–H groups in total. The zero-order chi connectivity index (χ0) is 14.2. The van der Waals surface area contributed by atoms with Gasteiger partial charge in [-0.15, -0.1) is 0 Å². The van der Waals surface area contributed by atoms with E-state index in [-0.39, 0.29) is 10.6 Å². The van der Waals surface area contributed by atoms with Gasteiger partial charge in [-0.2, -0.15) is 0 Å². The lowest BCUT2D eigenvalue weighted by Crippen LogP contribution is -1.96. The van der Waals surface area contributed by atoms with Gasteiger partial charge in [0.25, 0.3) is 0 Å². The van der Waals surface area contributed by atoms with E-state index in [9.17, 15) is 4.39 Å². The molecule has 0 aliphatic heterocycles. The molecule has 2 aromatic rings. The Balaban J connectivity index is 2.46. The van der Waals surface area contributed by atoms with E-state index in [1.54, 1.807) is 6.07 Å². The predicted octanol–water partition coefficient (Wildman–Crippen LogP) is 6.91. The summed E-state index contributed by atoms with van der Waals surface area (Å²) >= 11 is 13.9. The molecule has 0 radical (unpaired) electrons. The predicted molar refractivity (Wildman–Crippen MR) is 91.4 cm³/mol. The van der Waals surface area contributed by atoms with Crippen LogP contribution in [-0.2, 0) is 0 Å². The second kappa shape index (κ2) is 6.37. The Labute approximate surface area is 145 Å². The molecule has 0 amide bonds. The quantitative estimate of drug-likeness (QED) is 0.381. The monoisotopic (exact) mass is 512 g/mol. The van der Waals surface area contributed by atoms with E-state index in [4.69, 9.17) is 0 Å². The maximum atomic E-state index is 13.6. The molecule has 19 heavy (non-hydrogen) atoms. The van der Waals surface area contributed by atoms with Crippen LogP contribution in [-0.4, -0.2) is 0 Å². The van der Waals surface area contributed by atoms with Crippen molar-refractivity contribution >= 4 is 63.7 Å². The summed E-state index contributed by atoms with van der Waals surface area (Å²) in [6, 6.07) is 9.23. The van der Waals surface area contributed by atoms with Crippen LogP contribution in [0.15, 0.2) is 43.7 Å². The summed E-state index contributed by atoms with van der Waals surface area (Å²) in [4.78, 5) is -0.0682. The first-order valence-corrected chi connectivity index (χ1v) is 8.74. The van der Waals surface area contributed by atoms with Crippen molar-refractivity contribution < 1.29 is 4.39 Å². The molecule has 0 fully saturated rings. The molecule has 2 aromatic carbocycles. The van der Waals surface area contributed by atoms with E-state index in [0.717, 1.165) is 25.6 Å². The van der Waals surface area contributed by atoms with Crippen LogP contribution in [0.25, 0.3) is 0 Å². The van der Waals surface area contributed by atoms with Crippen molar-refractivity contribution in [1.82, 2.24) is 0 Å². The molecule has 0 nitrogen and oxygen atoms in total. The molecular formula is C14H9Br4F. The molecule has 0 heterocycles. The smallest absolute Gasteiger partial charge is 0.137 e. The van der Waals surface area contributed by atoms with Crippen LogP contribution in [0.4, 0.5) is 4.39 Å². The highest BCUT2D eigenvalue weighted by atomic mass is 79.9. The summed E-state index contributed by atoms with van der Waals surface area (Å²) in [7, 11) is 0. The van der Waals surface area contributed by atoms with Gasteiger partial charge in [0.05, 0.1) is 9.30 Å². The molecule has 0 aliphatic rings. The maximum Gasteiger partial charge on any atom is 0.137 e. The van der Waals surface area contributed by atoms with Gasteiger partial charge in [-0.1, -0.05) is 53.9 Å². The van der Waals surface area contributed by atoms with E-state index >= 15 is 0 Å². The van der Waals surface area contributed by atoms with Gasteiger partial charge in [0.1, 0.15) is 5.82 Å². The fourth-order valence-electron chi connectivity index (χ4n) is 1.71. The summed E-state index contributed by atoms with van der Waals surface area (Å²) < 4.78 is 16.1. The molecule has 1 atom stereocenters. The molecule has 0 spiro atoms. The highest BCUT2D eigenvalue weighted by Crippen LogP contribution is 2.38. The topological polar surface area (TPSA) is 0 Å². The molecule has 5 heteroatoms. The van der Waals surface area contributed by atoms with Gasteiger partial charge in [-0.05, 0) is 63.8 Å². The zero-order valence-electron chi connectivity index (χ0n) is 9.85. The molecule has 0 bridgehead atoms. The Hall–Kier alpha value is 0.290. The second-order valence-corrected chi connectivity index (χ2v) is 7.64. The summed E-state index contributed by atoms with van der Waals surface area (Å²) in [5, 5.41) is 0. The number of hydrogen-bond donors (Lipinski definition) is 0. The number of benzene rings is 2. The largest absolute Gasteiger partial charge is 0.206 e. The van der Waals surface area contributed by atoms with Crippen LogP contribution in [0.1, 0.15) is 21.5 Å². The highest BCUT2D eigenvalue weighted by molar-refractivity contribution is 9.11. The average Bonchev–Trinajstić information content (AvgIpc) is 2.36. The molecule has 1 unspecified atom stereocenters. The fraction of sp³-hybridized carbons (Fsp3) is 0.143. The first-order chi connectivity index (χ1) is 8.90. The molecule has 0 saturated carbocycles. The summed E-state index contributed by atoms with van der Waals surface area (Å²) in [5.41, 5.74) is 3.08. The zero-order valence-corrected chi connectivity index (χ0v) is 16.2. The van der Waals surface area contributed by atoms with Gasteiger partial charge >= 0.3 is 0 Å². The van der Waals surface area contributed by atoms with Crippen LogP contribution in [0.5, 0.6) is 0 Å². The standard InChI is InChI=1S/C14H9Br4F/c1-7-4-12(17)9(6-11(7)16)14(18)8-2-3-10(15)13(19)5-8/h2-6,14H,1H3. The Morgan fingerprint density at radius 1 is 0.947 bits per heavy atom. The van der Waals surface area contributed by atoms with E-state index in [1.807, 2.05) is 25.1 Å². The third-order valence-corrected chi connectivity index (χ3v) is 5.99. The lowest BCUT2D eigenvalue weighted by molar-refractivity contribution is 0.619. The minimum atomic E-state index is -0.260. The van der Waals surface area contributed by atoms with Crippen LogP contribution in [0.3, 0.4) is 0 Å². The Morgan fingerprint density at radius 2 is 1.63 bits per heavy atom. The van der Waals surface area contributed by atoms with Crippen molar-refractivity contribution in [3.63, 3.8) is 0 Å². The molecule has 100 valence electrons. The SMILES string of the molecule is Cc1cc(Br)c(C(Br)c2ccc(Br)c(F)c2)cc1Br. The van der Waals surface area contributed by atoms with Gasteiger partial charge in [-0.25, -0.2) is 4.39 Å². The number of halogens is 5. The van der Waals surface area contributed by atoms with E-state index in [2.05, 4.69) is 63.7 Å². The molecular weight excluding hydrogens is 507 g/mol. The van der Waals surface area contributed by atoms with Crippen molar-refractivity contribution in [1.29, 1.82) is 0 Å². The van der Waals surface area contributed by atoms with Crippen molar-refractivity contribution in [3.05, 3.63) is 66.3 Å². The number of rotatable bonds is 2. The molecule has 0 saturated heterocycles. The maximum absolute atomic E-state index is 13.6. The lowest BCUT2D eigenvalue weighted by Gasteiger charge is -2.15. The average molecular weight is 516 g/mol. The van der Waals surface area contributed by atoms with E-state index < -0.39 is 0 Å². The Morgan fingerprint density at radius 3 is 2.26 bits per heavy atom. The Kier molecular flexibility index (Phi) is 5.26. The van der Waals surface area contributed by atoms with Crippen LogP contribution < -0.4 is 0 Å². The summed E-state index contributed by atoms with van der Waals surface area (Å²) in [6.07, 6.45) is 0. The first kappa shape index (κ1) is 15.7. The lowest BCUT2D eigenvalue weighted by atomic mass is 10.0. The van der Waals surface area contributed by atoms with Gasteiger partial charge in [0, 0.05) is 8.95 Å². The van der Waals surface area contributed by atoms with Gasteiger partial charge in [0.2, 0.25) is 0 Å². The number of aryl methyl sites for hydroxylation is 1. The second-order valence-electron chi connectivity index (χ2n) is 4.16. The van der Waals surface area contributed by atoms with Crippen molar-refractivity contribution in [2.75, 3.05) is 0 Å². The first-order valence-electron chi connectivity index (χ1n) is 5.44. The van der Waals surface area contributed by atoms with Crippen molar-refractivity contribution in [2.24, 2.45) is 0 Å². The number of hydrogen-bond acceptors (Lipinski definition) is 0. The molecule has 0 aromatic heterocycles. The Bertz CT molecular complexity index is 625. The summed E-state index contributed by atoms with van der Waals surface area (Å²) in [5.74, 6) is -0.260. The van der Waals surface area contributed by atoms with Crippen LogP contribution >= 0.6 is 63.7 Å². The normalized spacial score (nSPS) is 12.5. The molecule has 2 rings (SSSR count). The van der Waals surface area contributed by atoms with Crippen LogP contribution in [0, 0.1) is 12.7 Å². The van der Waals surface area contributed by atoms with Gasteiger partial charge < -0.3 is 0 Å². The molecule has 0 aliphatic carbocycles.